The van der Waals surface area contributed by atoms with E-state index in [0.717, 1.165) is 34.5 Å². The number of nitrogens with two attached hydrogens (primary N) is 1. The molecule has 1 aromatic carbocycles. The highest BCUT2D eigenvalue weighted by Gasteiger charge is 2.45. The summed E-state index contributed by atoms with van der Waals surface area (Å²) in [5.41, 5.74) is 7.51. The van der Waals surface area contributed by atoms with Gasteiger partial charge >= 0.3 is 0 Å². The van der Waals surface area contributed by atoms with Crippen LogP contribution in [0.25, 0.3) is 0 Å². The molecule has 3 heteroatoms. The van der Waals surface area contributed by atoms with Crippen molar-refractivity contribution < 1.29 is 4.74 Å². The van der Waals surface area contributed by atoms with Gasteiger partial charge in [-0.2, -0.15) is 0 Å². The zero-order valence-electron chi connectivity index (χ0n) is 10.8. The third-order valence-corrected chi connectivity index (χ3v) is 5.03. The molecule has 1 saturated carbocycles. The molecule has 2 aliphatic rings. The van der Waals surface area contributed by atoms with E-state index in [1.807, 2.05) is 6.07 Å². The van der Waals surface area contributed by atoms with Gasteiger partial charge in [0.2, 0.25) is 0 Å². The minimum atomic E-state index is 0.00782. The van der Waals surface area contributed by atoms with Gasteiger partial charge in [0.25, 0.3) is 0 Å². The van der Waals surface area contributed by atoms with Crippen molar-refractivity contribution in [3.05, 3.63) is 28.2 Å². The van der Waals surface area contributed by atoms with E-state index in [-0.39, 0.29) is 11.6 Å². The van der Waals surface area contributed by atoms with Gasteiger partial charge in [-0.25, -0.2) is 0 Å². The summed E-state index contributed by atoms with van der Waals surface area (Å²) in [6.07, 6.45) is 5.84. The molecule has 1 aromatic rings. The molecular formula is C15H20BrNO. The van der Waals surface area contributed by atoms with Gasteiger partial charge in [-0.15, -0.1) is 0 Å². The predicted octanol–water partition coefficient (Wildman–Crippen LogP) is 4.18. The first kappa shape index (κ1) is 12.5. The minimum Gasteiger partial charge on any atom is -0.487 e. The topological polar surface area (TPSA) is 35.2 Å². The first-order valence-corrected chi connectivity index (χ1v) is 7.65. The van der Waals surface area contributed by atoms with E-state index < -0.39 is 0 Å². The Morgan fingerprint density at radius 2 is 2.28 bits per heavy atom. The standard InChI is InChI=1S/C15H20BrNO/c1-2-10-5-6-15(8-10)9-13(17)12-4-3-11(16)7-14(12)18-15/h3-4,7,10,13H,2,5-6,8-9,17H2,1H3. The smallest absolute Gasteiger partial charge is 0.126 e. The maximum Gasteiger partial charge on any atom is 0.126 e. The van der Waals surface area contributed by atoms with E-state index in [9.17, 15) is 0 Å². The molecule has 1 aliphatic heterocycles. The van der Waals surface area contributed by atoms with E-state index >= 15 is 0 Å². The van der Waals surface area contributed by atoms with Crippen LogP contribution in [-0.2, 0) is 0 Å². The van der Waals surface area contributed by atoms with E-state index in [0.29, 0.717) is 0 Å². The number of rotatable bonds is 1. The van der Waals surface area contributed by atoms with Gasteiger partial charge < -0.3 is 10.5 Å². The second-order valence-corrected chi connectivity index (χ2v) is 6.71. The quantitative estimate of drug-likeness (QED) is 0.844. The first-order valence-electron chi connectivity index (χ1n) is 6.86. The van der Waals surface area contributed by atoms with Crippen LogP contribution in [0, 0.1) is 5.92 Å². The van der Waals surface area contributed by atoms with E-state index in [1.165, 1.54) is 19.3 Å². The molecule has 0 saturated heterocycles. The third kappa shape index (κ3) is 2.08. The van der Waals surface area contributed by atoms with Crippen LogP contribution in [0.3, 0.4) is 0 Å². The molecule has 2 nitrogen and oxygen atoms in total. The molecule has 0 bridgehead atoms. The van der Waals surface area contributed by atoms with Crippen molar-refractivity contribution in [3.8, 4) is 5.75 Å². The van der Waals surface area contributed by atoms with E-state index in [2.05, 4.69) is 35.0 Å². The highest BCUT2D eigenvalue weighted by molar-refractivity contribution is 9.10. The van der Waals surface area contributed by atoms with Crippen LogP contribution < -0.4 is 10.5 Å². The Balaban J connectivity index is 1.91. The molecule has 3 atom stereocenters. The molecule has 3 rings (SSSR count). The molecule has 1 spiro atoms. The van der Waals surface area contributed by atoms with Crippen LogP contribution >= 0.6 is 15.9 Å². The monoisotopic (exact) mass is 309 g/mol. The maximum absolute atomic E-state index is 6.35. The van der Waals surface area contributed by atoms with Crippen molar-refractivity contribution in [1.82, 2.24) is 0 Å². The van der Waals surface area contributed by atoms with Gasteiger partial charge in [0.15, 0.2) is 0 Å². The van der Waals surface area contributed by atoms with Crippen molar-refractivity contribution in [2.45, 2.75) is 50.7 Å². The highest BCUT2D eigenvalue weighted by Crippen LogP contribution is 2.49. The van der Waals surface area contributed by atoms with Crippen LogP contribution in [0.2, 0.25) is 0 Å². The number of hydrogen-bond acceptors (Lipinski definition) is 2. The third-order valence-electron chi connectivity index (χ3n) is 4.54. The van der Waals surface area contributed by atoms with Crippen molar-refractivity contribution in [3.63, 3.8) is 0 Å². The minimum absolute atomic E-state index is 0.00782. The van der Waals surface area contributed by atoms with E-state index in [1.54, 1.807) is 0 Å². The lowest BCUT2D eigenvalue weighted by Gasteiger charge is -2.39. The molecule has 1 fully saturated rings. The number of halogens is 1. The van der Waals surface area contributed by atoms with Crippen LogP contribution in [0.5, 0.6) is 5.75 Å². The molecule has 0 aromatic heterocycles. The van der Waals surface area contributed by atoms with Crippen LogP contribution in [0.4, 0.5) is 0 Å². The Bertz CT molecular complexity index is 462. The summed E-state index contributed by atoms with van der Waals surface area (Å²) >= 11 is 3.51. The Morgan fingerprint density at radius 1 is 1.44 bits per heavy atom. The molecule has 18 heavy (non-hydrogen) atoms. The summed E-state index contributed by atoms with van der Waals surface area (Å²) in [4.78, 5) is 0. The summed E-state index contributed by atoms with van der Waals surface area (Å²) in [5, 5.41) is 0. The largest absolute Gasteiger partial charge is 0.487 e. The number of fused-ring (bicyclic) bond motifs is 1. The molecule has 0 amide bonds. The van der Waals surface area contributed by atoms with Crippen molar-refractivity contribution in [1.29, 1.82) is 0 Å². The molecule has 2 N–H and O–H groups in total. The average molecular weight is 310 g/mol. The van der Waals surface area contributed by atoms with Crippen molar-refractivity contribution >= 4 is 15.9 Å². The molecule has 1 heterocycles. The van der Waals surface area contributed by atoms with Gasteiger partial charge in [-0.3, -0.25) is 0 Å². The molecule has 3 unspecified atom stereocenters. The van der Waals surface area contributed by atoms with Gasteiger partial charge in [-0.1, -0.05) is 35.3 Å². The Hall–Kier alpha value is -0.540. The summed E-state index contributed by atoms with van der Waals surface area (Å²) < 4.78 is 7.42. The lowest BCUT2D eigenvalue weighted by atomic mass is 9.85. The van der Waals surface area contributed by atoms with Crippen molar-refractivity contribution in [2.75, 3.05) is 0 Å². The summed E-state index contributed by atoms with van der Waals surface area (Å²) in [7, 11) is 0. The molecule has 1 aliphatic carbocycles. The Labute approximate surface area is 117 Å². The second kappa shape index (κ2) is 4.53. The molecular weight excluding hydrogens is 290 g/mol. The average Bonchev–Trinajstić information content (AvgIpc) is 2.71. The normalized spacial score (nSPS) is 34.4. The van der Waals surface area contributed by atoms with Crippen LogP contribution in [0.1, 0.15) is 50.6 Å². The number of hydrogen-bond donors (Lipinski definition) is 1. The fourth-order valence-electron chi connectivity index (χ4n) is 3.51. The lowest BCUT2D eigenvalue weighted by Crippen LogP contribution is -2.40. The Morgan fingerprint density at radius 3 is 3.00 bits per heavy atom. The maximum atomic E-state index is 6.35. The van der Waals surface area contributed by atoms with Gasteiger partial charge in [0, 0.05) is 22.5 Å². The van der Waals surface area contributed by atoms with Crippen molar-refractivity contribution in [2.24, 2.45) is 11.7 Å². The van der Waals surface area contributed by atoms with E-state index in [4.69, 9.17) is 10.5 Å². The summed E-state index contributed by atoms with van der Waals surface area (Å²) in [6, 6.07) is 6.32. The lowest BCUT2D eigenvalue weighted by molar-refractivity contribution is 0.0384. The Kier molecular flexibility index (Phi) is 3.15. The van der Waals surface area contributed by atoms with Crippen LogP contribution in [-0.4, -0.2) is 5.60 Å². The second-order valence-electron chi connectivity index (χ2n) is 5.79. The molecule has 0 radical (unpaired) electrons. The SMILES string of the molecule is CCC1CCC2(C1)CC(N)c1ccc(Br)cc1O2. The number of benzene rings is 1. The predicted molar refractivity (Wildman–Crippen MR) is 76.7 cm³/mol. The fourth-order valence-corrected chi connectivity index (χ4v) is 3.85. The number of ether oxygens (including phenoxy) is 1. The zero-order chi connectivity index (χ0) is 12.8. The highest BCUT2D eigenvalue weighted by atomic mass is 79.9. The fraction of sp³-hybridized carbons (Fsp3) is 0.600. The summed E-state index contributed by atoms with van der Waals surface area (Å²) in [5.74, 6) is 1.80. The molecule has 98 valence electrons. The van der Waals surface area contributed by atoms with Crippen LogP contribution in [0.15, 0.2) is 22.7 Å². The first-order chi connectivity index (χ1) is 8.62. The van der Waals surface area contributed by atoms with Gasteiger partial charge in [-0.05, 0) is 37.3 Å². The van der Waals surface area contributed by atoms with Gasteiger partial charge in [0.1, 0.15) is 11.4 Å². The van der Waals surface area contributed by atoms with Gasteiger partial charge in [0.05, 0.1) is 0 Å². The summed E-state index contributed by atoms with van der Waals surface area (Å²) in [6.45, 7) is 2.27. The zero-order valence-corrected chi connectivity index (χ0v) is 12.4.